The molecular formula is C15H27N3O2. The highest BCUT2D eigenvalue weighted by Gasteiger charge is 2.33. The fraction of sp³-hybridized carbons (Fsp3) is 0.867. The van der Waals surface area contributed by atoms with Gasteiger partial charge in [-0.3, -0.25) is 14.5 Å². The fourth-order valence-corrected chi connectivity index (χ4v) is 3.19. The van der Waals surface area contributed by atoms with Gasteiger partial charge in [-0.25, -0.2) is 0 Å². The molecule has 2 aliphatic rings. The number of carbonyl (C=O) groups is 2. The van der Waals surface area contributed by atoms with Crippen LogP contribution in [-0.2, 0) is 9.59 Å². The lowest BCUT2D eigenvalue weighted by molar-refractivity contribution is -0.136. The second-order valence-corrected chi connectivity index (χ2v) is 6.16. The molecule has 5 nitrogen and oxygen atoms in total. The summed E-state index contributed by atoms with van der Waals surface area (Å²) in [6.45, 7) is 3.05. The molecule has 20 heavy (non-hydrogen) atoms. The van der Waals surface area contributed by atoms with E-state index >= 15 is 0 Å². The molecule has 0 radical (unpaired) electrons. The Kier molecular flexibility index (Phi) is 5.40. The van der Waals surface area contributed by atoms with Crippen LogP contribution in [-0.4, -0.2) is 72.8 Å². The molecule has 5 heteroatoms. The van der Waals surface area contributed by atoms with Gasteiger partial charge in [-0.15, -0.1) is 0 Å². The van der Waals surface area contributed by atoms with Gasteiger partial charge in [0, 0.05) is 27.2 Å². The van der Waals surface area contributed by atoms with Gasteiger partial charge in [0.1, 0.15) is 0 Å². The Morgan fingerprint density at radius 3 is 2.25 bits per heavy atom. The summed E-state index contributed by atoms with van der Waals surface area (Å²) in [5.74, 6) is 0.330. The lowest BCUT2D eigenvalue weighted by atomic mass is 10.2. The molecule has 2 amide bonds. The SMILES string of the molecule is CN(C)C(=O)C1CCCN1CC(=O)N1CCCCCC1. The number of likely N-dealkylation sites (tertiary alicyclic amines) is 2. The number of carbonyl (C=O) groups excluding carboxylic acids is 2. The van der Waals surface area contributed by atoms with Gasteiger partial charge in [-0.05, 0) is 32.2 Å². The molecule has 2 saturated heterocycles. The van der Waals surface area contributed by atoms with Crippen LogP contribution < -0.4 is 0 Å². The standard InChI is InChI=1S/C15H27N3O2/c1-16(2)15(20)13-8-7-11-18(13)12-14(19)17-9-5-3-4-6-10-17/h13H,3-12H2,1-2H3. The van der Waals surface area contributed by atoms with Crippen LogP contribution >= 0.6 is 0 Å². The Bertz CT molecular complexity index is 349. The first-order valence-electron chi connectivity index (χ1n) is 7.82. The molecule has 2 heterocycles. The highest BCUT2D eigenvalue weighted by molar-refractivity contribution is 5.83. The van der Waals surface area contributed by atoms with Crippen molar-refractivity contribution in [3.05, 3.63) is 0 Å². The van der Waals surface area contributed by atoms with Gasteiger partial charge in [-0.1, -0.05) is 12.8 Å². The average Bonchev–Trinajstić information content (AvgIpc) is 2.71. The zero-order chi connectivity index (χ0) is 14.5. The molecule has 2 rings (SSSR count). The molecule has 0 aromatic heterocycles. The van der Waals surface area contributed by atoms with Crippen LogP contribution in [0.15, 0.2) is 0 Å². The van der Waals surface area contributed by atoms with Gasteiger partial charge in [-0.2, -0.15) is 0 Å². The molecule has 1 atom stereocenters. The normalized spacial score (nSPS) is 24.5. The summed E-state index contributed by atoms with van der Waals surface area (Å²) in [5.41, 5.74) is 0. The molecule has 0 saturated carbocycles. The molecule has 114 valence electrons. The van der Waals surface area contributed by atoms with Gasteiger partial charge in [0.25, 0.3) is 0 Å². The molecule has 1 unspecified atom stereocenters. The Morgan fingerprint density at radius 1 is 1.00 bits per heavy atom. The quantitative estimate of drug-likeness (QED) is 0.773. The van der Waals surface area contributed by atoms with E-state index in [0.717, 1.165) is 45.3 Å². The molecule has 2 fully saturated rings. The molecule has 0 aromatic carbocycles. The van der Waals surface area contributed by atoms with E-state index in [4.69, 9.17) is 0 Å². The van der Waals surface area contributed by atoms with Crippen LogP contribution in [0, 0.1) is 0 Å². The second kappa shape index (κ2) is 7.07. The largest absolute Gasteiger partial charge is 0.347 e. The van der Waals surface area contributed by atoms with Crippen molar-refractivity contribution in [3.63, 3.8) is 0 Å². The van der Waals surface area contributed by atoms with Crippen molar-refractivity contribution in [1.82, 2.24) is 14.7 Å². The monoisotopic (exact) mass is 281 g/mol. The molecular weight excluding hydrogens is 254 g/mol. The maximum absolute atomic E-state index is 12.4. The van der Waals surface area contributed by atoms with E-state index in [0.29, 0.717) is 6.54 Å². The van der Waals surface area contributed by atoms with Gasteiger partial charge < -0.3 is 9.80 Å². The molecule has 2 aliphatic heterocycles. The van der Waals surface area contributed by atoms with Crippen molar-refractivity contribution in [2.24, 2.45) is 0 Å². The van der Waals surface area contributed by atoms with E-state index in [1.165, 1.54) is 12.8 Å². The summed E-state index contributed by atoms with van der Waals surface area (Å²) in [7, 11) is 3.57. The lowest BCUT2D eigenvalue weighted by Gasteiger charge is -2.28. The van der Waals surface area contributed by atoms with E-state index in [9.17, 15) is 9.59 Å². The lowest BCUT2D eigenvalue weighted by Crippen LogP contribution is -2.47. The van der Waals surface area contributed by atoms with Crippen LogP contribution in [0.25, 0.3) is 0 Å². The third-order valence-corrected chi connectivity index (χ3v) is 4.39. The number of rotatable bonds is 3. The number of hydrogen-bond acceptors (Lipinski definition) is 3. The van der Waals surface area contributed by atoms with E-state index in [-0.39, 0.29) is 17.9 Å². The Morgan fingerprint density at radius 2 is 1.65 bits per heavy atom. The minimum atomic E-state index is -0.0964. The van der Waals surface area contributed by atoms with Crippen LogP contribution in [0.1, 0.15) is 38.5 Å². The van der Waals surface area contributed by atoms with Crippen molar-refractivity contribution in [2.45, 2.75) is 44.6 Å². The third kappa shape index (κ3) is 3.72. The summed E-state index contributed by atoms with van der Waals surface area (Å²) < 4.78 is 0. The molecule has 0 N–H and O–H groups in total. The summed E-state index contributed by atoms with van der Waals surface area (Å²) in [6, 6.07) is -0.0964. The predicted molar refractivity (Wildman–Crippen MR) is 78.3 cm³/mol. The number of nitrogens with zero attached hydrogens (tertiary/aromatic N) is 3. The smallest absolute Gasteiger partial charge is 0.239 e. The average molecular weight is 281 g/mol. The molecule has 0 aromatic rings. The minimum absolute atomic E-state index is 0.0964. The van der Waals surface area contributed by atoms with Gasteiger partial charge in [0.05, 0.1) is 12.6 Å². The van der Waals surface area contributed by atoms with Gasteiger partial charge in [0.2, 0.25) is 11.8 Å². The van der Waals surface area contributed by atoms with Gasteiger partial charge in [0.15, 0.2) is 0 Å². The topological polar surface area (TPSA) is 43.9 Å². The Labute approximate surface area is 121 Å². The van der Waals surface area contributed by atoms with E-state index in [2.05, 4.69) is 4.90 Å². The molecule has 0 aliphatic carbocycles. The van der Waals surface area contributed by atoms with Crippen LogP contribution in [0.2, 0.25) is 0 Å². The molecule has 0 bridgehead atoms. The number of amides is 2. The van der Waals surface area contributed by atoms with Crippen molar-refractivity contribution in [3.8, 4) is 0 Å². The molecule has 0 spiro atoms. The highest BCUT2D eigenvalue weighted by atomic mass is 16.2. The summed E-state index contributed by atoms with van der Waals surface area (Å²) in [4.78, 5) is 30.2. The third-order valence-electron chi connectivity index (χ3n) is 4.39. The fourth-order valence-electron chi connectivity index (χ4n) is 3.19. The van der Waals surface area contributed by atoms with E-state index in [1.54, 1.807) is 19.0 Å². The van der Waals surface area contributed by atoms with Crippen LogP contribution in [0.5, 0.6) is 0 Å². The van der Waals surface area contributed by atoms with Crippen molar-refractivity contribution in [1.29, 1.82) is 0 Å². The number of likely N-dealkylation sites (N-methyl/N-ethyl adjacent to an activating group) is 1. The van der Waals surface area contributed by atoms with Crippen molar-refractivity contribution < 1.29 is 9.59 Å². The van der Waals surface area contributed by atoms with Crippen LogP contribution in [0.4, 0.5) is 0 Å². The maximum atomic E-state index is 12.4. The highest BCUT2D eigenvalue weighted by Crippen LogP contribution is 2.19. The Hall–Kier alpha value is -1.10. The van der Waals surface area contributed by atoms with E-state index < -0.39 is 0 Å². The number of hydrogen-bond donors (Lipinski definition) is 0. The van der Waals surface area contributed by atoms with E-state index in [1.807, 2.05) is 4.90 Å². The maximum Gasteiger partial charge on any atom is 0.239 e. The first kappa shape index (κ1) is 15.3. The first-order chi connectivity index (χ1) is 9.59. The summed E-state index contributed by atoms with van der Waals surface area (Å²) in [5, 5.41) is 0. The minimum Gasteiger partial charge on any atom is -0.347 e. The Balaban J connectivity index is 1.90. The van der Waals surface area contributed by atoms with Gasteiger partial charge >= 0.3 is 0 Å². The zero-order valence-electron chi connectivity index (χ0n) is 12.8. The second-order valence-electron chi connectivity index (χ2n) is 6.16. The van der Waals surface area contributed by atoms with Crippen molar-refractivity contribution in [2.75, 3.05) is 40.3 Å². The zero-order valence-corrected chi connectivity index (χ0v) is 12.8. The van der Waals surface area contributed by atoms with Crippen molar-refractivity contribution >= 4 is 11.8 Å². The summed E-state index contributed by atoms with van der Waals surface area (Å²) >= 11 is 0. The summed E-state index contributed by atoms with van der Waals surface area (Å²) in [6.07, 6.45) is 6.59. The predicted octanol–water partition coefficient (Wildman–Crippen LogP) is 0.942. The first-order valence-corrected chi connectivity index (χ1v) is 7.82. The van der Waals surface area contributed by atoms with Crippen LogP contribution in [0.3, 0.4) is 0 Å².